The van der Waals surface area contributed by atoms with Crippen molar-refractivity contribution >= 4 is 53.3 Å². The quantitative estimate of drug-likeness (QED) is 0.685. The SMILES string of the molecule is CN(C)C(=O)c1c(Cl)cc(NC2CN(C3CCN(C(=O)CS)CC3)C2)cc1Cl. The smallest absolute Gasteiger partial charge is 0.256 e. The van der Waals surface area contributed by atoms with Gasteiger partial charge >= 0.3 is 0 Å². The van der Waals surface area contributed by atoms with E-state index in [-0.39, 0.29) is 17.6 Å². The zero-order chi connectivity index (χ0) is 20.4. The summed E-state index contributed by atoms with van der Waals surface area (Å²) in [6.45, 7) is 3.51. The molecule has 0 saturated carbocycles. The van der Waals surface area contributed by atoms with E-state index in [0.717, 1.165) is 44.7 Å². The molecule has 0 aliphatic carbocycles. The van der Waals surface area contributed by atoms with Gasteiger partial charge in [-0.3, -0.25) is 14.5 Å². The number of rotatable bonds is 5. The van der Waals surface area contributed by atoms with Crippen LogP contribution in [0.3, 0.4) is 0 Å². The van der Waals surface area contributed by atoms with E-state index in [9.17, 15) is 9.59 Å². The predicted molar refractivity (Wildman–Crippen MR) is 117 cm³/mol. The van der Waals surface area contributed by atoms with Crippen LogP contribution < -0.4 is 5.32 Å². The van der Waals surface area contributed by atoms with Gasteiger partial charge in [-0.1, -0.05) is 23.2 Å². The number of thiol groups is 1. The van der Waals surface area contributed by atoms with Crippen molar-refractivity contribution in [3.05, 3.63) is 27.7 Å². The van der Waals surface area contributed by atoms with Crippen LogP contribution >= 0.6 is 35.8 Å². The summed E-state index contributed by atoms with van der Waals surface area (Å²) >= 11 is 16.7. The highest BCUT2D eigenvalue weighted by molar-refractivity contribution is 7.81. The van der Waals surface area contributed by atoms with Crippen LogP contribution in [0.4, 0.5) is 5.69 Å². The van der Waals surface area contributed by atoms with Crippen molar-refractivity contribution in [3.8, 4) is 0 Å². The normalized spacial score (nSPS) is 18.7. The van der Waals surface area contributed by atoms with Crippen molar-refractivity contribution in [2.45, 2.75) is 24.9 Å². The number of halogens is 2. The van der Waals surface area contributed by atoms with Gasteiger partial charge in [0.2, 0.25) is 5.91 Å². The third-order valence-corrected chi connectivity index (χ3v) is 6.28. The Balaban J connectivity index is 1.51. The molecule has 1 aromatic carbocycles. The Kier molecular flexibility index (Phi) is 7.02. The van der Waals surface area contributed by atoms with Gasteiger partial charge in [0.05, 0.1) is 27.4 Å². The molecule has 0 radical (unpaired) electrons. The molecule has 0 unspecified atom stereocenters. The Hall–Kier alpha value is -1.15. The minimum atomic E-state index is -0.209. The first-order chi connectivity index (χ1) is 13.3. The fourth-order valence-electron chi connectivity index (χ4n) is 3.80. The monoisotopic (exact) mass is 444 g/mol. The van der Waals surface area contributed by atoms with Crippen LogP contribution in [0.2, 0.25) is 10.0 Å². The Morgan fingerprint density at radius 2 is 1.75 bits per heavy atom. The van der Waals surface area contributed by atoms with Gasteiger partial charge in [-0.15, -0.1) is 0 Å². The zero-order valence-electron chi connectivity index (χ0n) is 16.1. The summed E-state index contributed by atoms with van der Waals surface area (Å²) < 4.78 is 0. The highest BCUT2D eigenvalue weighted by atomic mass is 35.5. The Labute approximate surface area is 181 Å². The third kappa shape index (κ3) is 4.70. The molecule has 0 bridgehead atoms. The van der Waals surface area contributed by atoms with Crippen molar-refractivity contribution < 1.29 is 9.59 Å². The number of benzene rings is 1. The van der Waals surface area contributed by atoms with E-state index in [0.29, 0.717) is 27.7 Å². The fourth-order valence-corrected chi connectivity index (χ4v) is 4.65. The van der Waals surface area contributed by atoms with Gasteiger partial charge in [0, 0.05) is 52.0 Å². The average molecular weight is 445 g/mol. The number of carbonyl (C=O) groups excluding carboxylic acids is 2. The van der Waals surface area contributed by atoms with Crippen molar-refractivity contribution in [2.24, 2.45) is 0 Å². The molecule has 2 saturated heterocycles. The van der Waals surface area contributed by atoms with Crippen LogP contribution in [-0.2, 0) is 4.79 Å². The Bertz CT molecular complexity index is 724. The zero-order valence-corrected chi connectivity index (χ0v) is 18.5. The van der Waals surface area contributed by atoms with E-state index in [2.05, 4.69) is 22.8 Å². The molecule has 2 aliphatic heterocycles. The minimum Gasteiger partial charge on any atom is -0.380 e. The Morgan fingerprint density at radius 1 is 1.18 bits per heavy atom. The largest absolute Gasteiger partial charge is 0.380 e. The molecule has 3 rings (SSSR count). The molecule has 2 amide bonds. The molecule has 0 aromatic heterocycles. The second-order valence-corrected chi connectivity index (χ2v) is 8.71. The summed E-state index contributed by atoms with van der Waals surface area (Å²) in [7, 11) is 3.34. The second-order valence-electron chi connectivity index (χ2n) is 7.58. The number of nitrogens with one attached hydrogen (secondary N) is 1. The average Bonchev–Trinajstić information content (AvgIpc) is 2.63. The first-order valence-electron chi connectivity index (χ1n) is 9.40. The summed E-state index contributed by atoms with van der Waals surface area (Å²) in [5, 5.41) is 4.16. The van der Waals surface area contributed by atoms with Gasteiger partial charge in [0.15, 0.2) is 0 Å². The molecule has 0 atom stereocenters. The minimum absolute atomic E-state index is 0.120. The number of carbonyl (C=O) groups is 2. The van der Waals surface area contributed by atoms with E-state index in [4.69, 9.17) is 23.2 Å². The van der Waals surface area contributed by atoms with Crippen LogP contribution in [0.1, 0.15) is 23.2 Å². The third-order valence-electron chi connectivity index (χ3n) is 5.41. The summed E-state index contributed by atoms with van der Waals surface area (Å²) in [4.78, 5) is 29.7. The van der Waals surface area contributed by atoms with Crippen LogP contribution in [0.25, 0.3) is 0 Å². The van der Waals surface area contributed by atoms with Crippen molar-refractivity contribution in [1.82, 2.24) is 14.7 Å². The maximum absolute atomic E-state index is 12.2. The summed E-state index contributed by atoms with van der Waals surface area (Å²) in [6.07, 6.45) is 2.01. The highest BCUT2D eigenvalue weighted by Crippen LogP contribution is 2.31. The number of amides is 2. The molecule has 1 aromatic rings. The molecular formula is C19H26Cl2N4O2S. The number of piperidine rings is 1. The number of hydrogen-bond acceptors (Lipinski definition) is 5. The van der Waals surface area contributed by atoms with Gasteiger partial charge < -0.3 is 15.1 Å². The Morgan fingerprint density at radius 3 is 2.25 bits per heavy atom. The lowest BCUT2D eigenvalue weighted by Gasteiger charge is -2.47. The van der Waals surface area contributed by atoms with Crippen LogP contribution in [-0.4, -0.2) is 84.6 Å². The van der Waals surface area contributed by atoms with Gasteiger partial charge in [0.1, 0.15) is 0 Å². The number of nitrogens with zero attached hydrogens (tertiary/aromatic N) is 3. The lowest BCUT2D eigenvalue weighted by atomic mass is 9.97. The van der Waals surface area contributed by atoms with Gasteiger partial charge in [0.25, 0.3) is 5.91 Å². The summed E-state index contributed by atoms with van der Waals surface area (Å²) in [6, 6.07) is 4.36. The van der Waals surface area contributed by atoms with Crippen LogP contribution in [0, 0.1) is 0 Å². The van der Waals surface area contributed by atoms with Crippen molar-refractivity contribution in [2.75, 3.05) is 51.3 Å². The second kappa shape index (κ2) is 9.11. The van der Waals surface area contributed by atoms with E-state index < -0.39 is 0 Å². The predicted octanol–water partition coefficient (Wildman–Crippen LogP) is 2.71. The molecule has 2 heterocycles. The summed E-state index contributed by atoms with van der Waals surface area (Å²) in [5.41, 5.74) is 1.15. The van der Waals surface area contributed by atoms with Gasteiger partial charge in [-0.25, -0.2) is 0 Å². The maximum Gasteiger partial charge on any atom is 0.256 e. The summed E-state index contributed by atoms with van der Waals surface area (Å²) in [5.74, 6) is 0.193. The van der Waals surface area contributed by atoms with E-state index >= 15 is 0 Å². The van der Waals surface area contributed by atoms with E-state index in [1.165, 1.54) is 4.90 Å². The molecule has 154 valence electrons. The maximum atomic E-state index is 12.2. The molecule has 9 heteroatoms. The highest BCUT2D eigenvalue weighted by Gasteiger charge is 2.34. The number of anilines is 1. The number of likely N-dealkylation sites (tertiary alicyclic amines) is 2. The van der Waals surface area contributed by atoms with Crippen molar-refractivity contribution in [3.63, 3.8) is 0 Å². The van der Waals surface area contributed by atoms with Crippen LogP contribution in [0.15, 0.2) is 12.1 Å². The first-order valence-corrected chi connectivity index (χ1v) is 10.8. The molecule has 2 fully saturated rings. The van der Waals surface area contributed by atoms with E-state index in [1.807, 2.05) is 4.90 Å². The standard InChI is InChI=1S/C19H26Cl2N4O2S/c1-23(2)19(27)18-15(20)7-12(8-16(18)21)22-13-9-25(10-13)14-3-5-24(6-4-14)17(26)11-28/h7-8,13-14,22,28H,3-6,9-11H2,1-2H3. The lowest BCUT2D eigenvalue weighted by molar-refractivity contribution is -0.130. The molecule has 0 spiro atoms. The molecule has 1 N–H and O–H groups in total. The fraction of sp³-hybridized carbons (Fsp3) is 0.579. The van der Waals surface area contributed by atoms with Gasteiger partial charge in [-0.2, -0.15) is 12.6 Å². The first kappa shape index (κ1) is 21.6. The van der Waals surface area contributed by atoms with E-state index in [1.54, 1.807) is 26.2 Å². The molecule has 28 heavy (non-hydrogen) atoms. The molecule has 6 nitrogen and oxygen atoms in total. The van der Waals surface area contributed by atoms with Gasteiger partial charge in [-0.05, 0) is 25.0 Å². The van der Waals surface area contributed by atoms with Crippen LogP contribution in [0.5, 0.6) is 0 Å². The molecular weight excluding hydrogens is 419 g/mol. The lowest BCUT2D eigenvalue weighted by Crippen LogP contribution is -2.60. The molecule has 2 aliphatic rings. The topological polar surface area (TPSA) is 55.9 Å². The number of hydrogen-bond donors (Lipinski definition) is 2. The van der Waals surface area contributed by atoms with Crippen molar-refractivity contribution in [1.29, 1.82) is 0 Å².